The van der Waals surface area contributed by atoms with Crippen molar-refractivity contribution in [1.29, 1.82) is 0 Å². The summed E-state index contributed by atoms with van der Waals surface area (Å²) in [5.74, 6) is -2.46. The van der Waals surface area contributed by atoms with E-state index in [0.717, 1.165) is 12.8 Å². The fourth-order valence-electron chi connectivity index (χ4n) is 4.59. The van der Waals surface area contributed by atoms with E-state index in [2.05, 4.69) is 73.4 Å². The van der Waals surface area contributed by atoms with E-state index in [1.54, 1.807) is 6.07 Å². The number of carbonyl (C=O) groups is 1. The number of carbonyl (C=O) groups excluding carboxylic acids is 1. The summed E-state index contributed by atoms with van der Waals surface area (Å²) in [4.78, 5) is 19.7. The third kappa shape index (κ3) is 6.08. The third-order valence-corrected chi connectivity index (χ3v) is 5.55. The Morgan fingerprint density at radius 3 is 2.36 bits per heavy atom. The number of alkyl halides is 3. The van der Waals surface area contributed by atoms with E-state index in [9.17, 15) is 18.0 Å². The molecule has 0 bridgehead atoms. The van der Waals surface area contributed by atoms with E-state index in [1.807, 2.05) is 0 Å². The number of benzene rings is 1. The highest BCUT2D eigenvalue weighted by atomic mass is 19.4. The van der Waals surface area contributed by atoms with E-state index < -0.39 is 12.1 Å². The second-order valence-corrected chi connectivity index (χ2v) is 9.90. The smallest absolute Gasteiger partial charge is 0.419 e. The fraction of sp³-hybridized carbons (Fsp3) is 0.435. The van der Waals surface area contributed by atoms with Crippen molar-refractivity contribution < 1.29 is 22.7 Å². The summed E-state index contributed by atoms with van der Waals surface area (Å²) in [5.41, 5.74) is 0.670. The fourth-order valence-corrected chi connectivity index (χ4v) is 4.59. The van der Waals surface area contributed by atoms with Crippen molar-refractivity contribution in [2.75, 3.05) is 5.32 Å². The van der Waals surface area contributed by atoms with Gasteiger partial charge in [0.05, 0.1) is 12.4 Å². The number of esters is 1. The summed E-state index contributed by atoms with van der Waals surface area (Å²) >= 11 is 0. The predicted molar refractivity (Wildman–Crippen MR) is 124 cm³/mol. The Bertz CT molecular complexity index is 1220. The van der Waals surface area contributed by atoms with Crippen LogP contribution in [0.1, 0.15) is 40.5 Å². The van der Waals surface area contributed by atoms with Crippen molar-refractivity contribution in [2.45, 2.75) is 63.8 Å². The molecule has 13 heteroatoms. The van der Waals surface area contributed by atoms with Crippen LogP contribution in [0.2, 0.25) is 0 Å². The van der Waals surface area contributed by atoms with Crippen LogP contribution in [-0.4, -0.2) is 59.6 Å². The van der Waals surface area contributed by atoms with Crippen LogP contribution >= 0.6 is 0 Å². The van der Waals surface area contributed by atoms with Gasteiger partial charge in [-0.2, -0.15) is 13.2 Å². The molecule has 0 unspecified atom stereocenters. The number of hydrogen-bond acceptors (Lipinski definition) is 10. The molecule has 3 aromatic rings. The summed E-state index contributed by atoms with van der Waals surface area (Å²) in [6.45, 7) is 8.48. The lowest BCUT2D eigenvalue weighted by molar-refractivity contribution is -0.189. The van der Waals surface area contributed by atoms with E-state index in [0.29, 0.717) is 5.56 Å². The first-order chi connectivity index (χ1) is 16.8. The molecule has 3 heterocycles. The van der Waals surface area contributed by atoms with Crippen molar-refractivity contribution in [1.82, 2.24) is 35.7 Å². The molecule has 0 aliphatic carbocycles. The van der Waals surface area contributed by atoms with Crippen molar-refractivity contribution in [3.8, 4) is 28.3 Å². The summed E-state index contributed by atoms with van der Waals surface area (Å²) in [5, 5.41) is 22.6. The molecular weight excluding hydrogens is 477 g/mol. The van der Waals surface area contributed by atoms with Crippen LogP contribution < -0.4 is 15.4 Å². The average Bonchev–Trinajstić information content (AvgIpc) is 2.77. The maximum absolute atomic E-state index is 12.9. The SMILES string of the molecule is CC1(C)CC(Nc2ncc(-c3ccc(-c4cncnn4)cc3OC(=O)C(F)(F)F)nn2)CC(C)(C)N1. The van der Waals surface area contributed by atoms with Gasteiger partial charge >= 0.3 is 12.1 Å². The molecule has 0 saturated carbocycles. The zero-order chi connectivity index (χ0) is 26.1. The van der Waals surface area contributed by atoms with E-state index in [4.69, 9.17) is 0 Å². The van der Waals surface area contributed by atoms with Gasteiger partial charge in [0, 0.05) is 28.2 Å². The molecular formula is C23H25F3N8O2. The second kappa shape index (κ2) is 9.37. The molecule has 4 rings (SSSR count). The van der Waals surface area contributed by atoms with Gasteiger partial charge in [-0.1, -0.05) is 6.07 Å². The highest BCUT2D eigenvalue weighted by Gasteiger charge is 2.42. The van der Waals surface area contributed by atoms with Crippen LogP contribution in [-0.2, 0) is 4.79 Å². The Kier molecular flexibility index (Phi) is 6.60. The van der Waals surface area contributed by atoms with Gasteiger partial charge in [-0.25, -0.2) is 14.8 Å². The molecule has 1 aliphatic rings. The number of piperidine rings is 1. The average molecular weight is 503 g/mol. The van der Waals surface area contributed by atoms with Gasteiger partial charge < -0.3 is 15.4 Å². The molecule has 190 valence electrons. The standard InChI is InChI=1S/C23H25F3N8O2/c1-21(2)8-14(9-22(3,4)34-21)30-20-28-11-17(32-33-20)15-6-5-13(16-10-27-12-29-31-16)7-18(15)36-19(35)23(24,25)26/h5-7,10-12,14,34H,8-9H2,1-4H3,(H,28,30,33). The first-order valence-electron chi connectivity index (χ1n) is 11.1. The van der Waals surface area contributed by atoms with Gasteiger partial charge in [0.25, 0.3) is 0 Å². The topological polar surface area (TPSA) is 128 Å². The Morgan fingerprint density at radius 1 is 1.06 bits per heavy atom. The molecule has 1 fully saturated rings. The molecule has 0 atom stereocenters. The van der Waals surface area contributed by atoms with Crippen molar-refractivity contribution in [2.24, 2.45) is 0 Å². The lowest BCUT2D eigenvalue weighted by Gasteiger charge is -2.46. The van der Waals surface area contributed by atoms with Gasteiger partial charge in [0.2, 0.25) is 5.95 Å². The summed E-state index contributed by atoms with van der Waals surface area (Å²) in [6, 6.07) is 4.34. The van der Waals surface area contributed by atoms with E-state index in [-0.39, 0.29) is 45.8 Å². The first-order valence-corrected chi connectivity index (χ1v) is 11.1. The Hall–Kier alpha value is -3.74. The number of anilines is 1. The maximum Gasteiger partial charge on any atom is 0.491 e. The molecule has 2 aromatic heterocycles. The van der Waals surface area contributed by atoms with Crippen LogP contribution in [0.4, 0.5) is 19.1 Å². The highest BCUT2D eigenvalue weighted by molar-refractivity contribution is 5.82. The lowest BCUT2D eigenvalue weighted by Crippen LogP contribution is -2.60. The number of rotatable bonds is 5. The molecule has 36 heavy (non-hydrogen) atoms. The van der Waals surface area contributed by atoms with Gasteiger partial charge in [-0.05, 0) is 52.7 Å². The predicted octanol–water partition coefficient (Wildman–Crippen LogP) is 3.58. The molecule has 0 spiro atoms. The lowest BCUT2D eigenvalue weighted by atomic mass is 9.80. The van der Waals surface area contributed by atoms with Crippen LogP contribution in [0.15, 0.2) is 36.9 Å². The number of hydrogen-bond donors (Lipinski definition) is 2. The number of aromatic nitrogens is 6. The van der Waals surface area contributed by atoms with Gasteiger partial charge in [-0.3, -0.25) is 0 Å². The molecule has 10 nitrogen and oxygen atoms in total. The van der Waals surface area contributed by atoms with Crippen LogP contribution in [0.25, 0.3) is 22.5 Å². The van der Waals surface area contributed by atoms with E-state index >= 15 is 0 Å². The quantitative estimate of drug-likeness (QED) is 0.395. The molecule has 2 N–H and O–H groups in total. The van der Waals surface area contributed by atoms with Crippen LogP contribution in [0.3, 0.4) is 0 Å². The van der Waals surface area contributed by atoms with Crippen molar-refractivity contribution in [3.63, 3.8) is 0 Å². The third-order valence-electron chi connectivity index (χ3n) is 5.55. The minimum absolute atomic E-state index is 0.0899. The summed E-state index contributed by atoms with van der Waals surface area (Å²) in [7, 11) is 0. The minimum Gasteiger partial charge on any atom is -0.419 e. The number of nitrogens with zero attached hydrogens (tertiary/aromatic N) is 6. The van der Waals surface area contributed by atoms with Gasteiger partial charge in [0.1, 0.15) is 23.5 Å². The minimum atomic E-state index is -5.19. The number of nitrogens with one attached hydrogen (secondary N) is 2. The van der Waals surface area contributed by atoms with Crippen LogP contribution in [0, 0.1) is 0 Å². The molecule has 0 amide bonds. The molecule has 1 aromatic carbocycles. The maximum atomic E-state index is 12.9. The van der Waals surface area contributed by atoms with Crippen molar-refractivity contribution in [3.05, 3.63) is 36.9 Å². The normalized spacial score (nSPS) is 17.4. The van der Waals surface area contributed by atoms with Gasteiger partial charge in [0.15, 0.2) is 0 Å². The van der Waals surface area contributed by atoms with E-state index in [1.165, 1.54) is 30.9 Å². The molecule has 1 aliphatic heterocycles. The van der Waals surface area contributed by atoms with Crippen LogP contribution in [0.5, 0.6) is 5.75 Å². The highest BCUT2D eigenvalue weighted by Crippen LogP contribution is 2.34. The number of halogens is 3. The van der Waals surface area contributed by atoms with Gasteiger partial charge in [-0.15, -0.1) is 20.4 Å². The monoisotopic (exact) mass is 502 g/mol. The Balaban J connectivity index is 1.61. The summed E-state index contributed by atoms with van der Waals surface area (Å²) in [6.07, 6.45) is 0.426. The largest absolute Gasteiger partial charge is 0.491 e. The Morgan fingerprint density at radius 2 is 1.78 bits per heavy atom. The molecule has 0 radical (unpaired) electrons. The second-order valence-electron chi connectivity index (χ2n) is 9.90. The molecule has 1 saturated heterocycles. The summed E-state index contributed by atoms with van der Waals surface area (Å²) < 4.78 is 43.4. The van der Waals surface area contributed by atoms with Crippen molar-refractivity contribution >= 4 is 11.9 Å². The zero-order valence-corrected chi connectivity index (χ0v) is 20.1. The zero-order valence-electron chi connectivity index (χ0n) is 20.1. The first kappa shape index (κ1) is 25.4. The Labute approximate surface area is 205 Å². The number of ether oxygens (including phenoxy) is 1.